The van der Waals surface area contributed by atoms with Crippen molar-refractivity contribution in [3.63, 3.8) is 0 Å². The molecule has 0 radical (unpaired) electrons. The molecule has 0 fully saturated rings. The van der Waals surface area contributed by atoms with Gasteiger partial charge in [0.05, 0.1) is 23.8 Å². The van der Waals surface area contributed by atoms with Crippen molar-refractivity contribution in [2.24, 2.45) is 0 Å². The number of nitrogens with zero attached hydrogens (tertiary/aromatic N) is 1. The first kappa shape index (κ1) is 14.0. The summed E-state index contributed by atoms with van der Waals surface area (Å²) in [6.07, 6.45) is 0. The summed E-state index contributed by atoms with van der Waals surface area (Å²) in [5.41, 5.74) is 2.24. The van der Waals surface area contributed by atoms with Gasteiger partial charge < -0.3 is 9.84 Å². The molecule has 0 saturated heterocycles. The summed E-state index contributed by atoms with van der Waals surface area (Å²) in [7, 11) is 0. The zero-order valence-electron chi connectivity index (χ0n) is 11.3. The van der Waals surface area contributed by atoms with E-state index < -0.39 is 12.4 Å². The molecule has 4 heteroatoms. The molecule has 102 valence electrons. The van der Waals surface area contributed by atoms with E-state index in [0.717, 1.165) is 11.1 Å². The molecule has 0 aromatic heterocycles. The van der Waals surface area contributed by atoms with Gasteiger partial charge in [-0.25, -0.2) is 4.39 Å². The van der Waals surface area contributed by atoms with Gasteiger partial charge in [-0.2, -0.15) is 5.26 Å². The Balaban J connectivity index is 2.46. The van der Waals surface area contributed by atoms with Crippen LogP contribution in [0.5, 0.6) is 11.5 Å². The second-order valence-electron chi connectivity index (χ2n) is 4.53. The van der Waals surface area contributed by atoms with E-state index in [1.54, 1.807) is 18.2 Å². The highest BCUT2D eigenvalue weighted by Gasteiger charge is 2.13. The van der Waals surface area contributed by atoms with E-state index in [2.05, 4.69) is 6.07 Å². The summed E-state index contributed by atoms with van der Waals surface area (Å²) < 4.78 is 19.3. The van der Waals surface area contributed by atoms with Crippen LogP contribution in [-0.4, -0.2) is 5.11 Å². The maximum atomic E-state index is 13.6. The fourth-order valence-electron chi connectivity index (χ4n) is 2.07. The molecule has 2 aromatic carbocycles. The molecule has 2 aromatic rings. The lowest BCUT2D eigenvalue weighted by atomic mass is 10.1. The molecule has 20 heavy (non-hydrogen) atoms. The highest BCUT2D eigenvalue weighted by atomic mass is 19.1. The highest BCUT2D eigenvalue weighted by molar-refractivity contribution is 5.49. The standard InChI is InChI=1S/C16H14FNO2/c1-10-6-12(8-18)7-11(2)16(10)20-15-5-3-4-14(17)13(15)9-19/h3-7,19H,9H2,1-2H3. The van der Waals surface area contributed by atoms with E-state index in [1.165, 1.54) is 12.1 Å². The Kier molecular flexibility index (Phi) is 4.02. The number of benzene rings is 2. The molecular weight excluding hydrogens is 257 g/mol. The van der Waals surface area contributed by atoms with Gasteiger partial charge in [0.1, 0.15) is 17.3 Å². The molecule has 0 aliphatic heterocycles. The van der Waals surface area contributed by atoms with Crippen molar-refractivity contribution in [1.29, 1.82) is 5.26 Å². The molecule has 1 N–H and O–H groups in total. The van der Waals surface area contributed by atoms with Gasteiger partial charge in [0, 0.05) is 0 Å². The quantitative estimate of drug-likeness (QED) is 0.928. The van der Waals surface area contributed by atoms with Crippen LogP contribution in [0.4, 0.5) is 4.39 Å². The van der Waals surface area contributed by atoms with Crippen LogP contribution < -0.4 is 4.74 Å². The second-order valence-corrected chi connectivity index (χ2v) is 4.53. The lowest BCUT2D eigenvalue weighted by Crippen LogP contribution is -1.98. The van der Waals surface area contributed by atoms with Crippen molar-refractivity contribution in [3.8, 4) is 17.6 Å². The van der Waals surface area contributed by atoms with Crippen LogP contribution >= 0.6 is 0 Å². The maximum absolute atomic E-state index is 13.6. The minimum absolute atomic E-state index is 0.121. The number of aryl methyl sites for hydroxylation is 2. The third kappa shape index (κ3) is 2.63. The zero-order valence-corrected chi connectivity index (χ0v) is 11.3. The fraction of sp³-hybridized carbons (Fsp3) is 0.188. The Morgan fingerprint density at radius 3 is 2.45 bits per heavy atom. The third-order valence-electron chi connectivity index (χ3n) is 3.04. The number of hydrogen-bond donors (Lipinski definition) is 1. The van der Waals surface area contributed by atoms with Crippen LogP contribution in [0.3, 0.4) is 0 Å². The van der Waals surface area contributed by atoms with Crippen molar-refractivity contribution in [2.45, 2.75) is 20.5 Å². The Morgan fingerprint density at radius 2 is 1.90 bits per heavy atom. The lowest BCUT2D eigenvalue weighted by molar-refractivity contribution is 0.269. The van der Waals surface area contributed by atoms with Gasteiger partial charge in [0.25, 0.3) is 0 Å². The Morgan fingerprint density at radius 1 is 1.25 bits per heavy atom. The van der Waals surface area contributed by atoms with Crippen LogP contribution in [0.1, 0.15) is 22.3 Å². The van der Waals surface area contributed by atoms with E-state index in [0.29, 0.717) is 11.3 Å². The van der Waals surface area contributed by atoms with Crippen LogP contribution in [0.15, 0.2) is 30.3 Å². The van der Waals surface area contributed by atoms with Crippen molar-refractivity contribution < 1.29 is 14.2 Å². The molecule has 0 amide bonds. The van der Waals surface area contributed by atoms with Crippen molar-refractivity contribution in [2.75, 3.05) is 0 Å². The maximum Gasteiger partial charge on any atom is 0.135 e. The highest BCUT2D eigenvalue weighted by Crippen LogP contribution is 2.32. The number of aliphatic hydroxyl groups excluding tert-OH is 1. The largest absolute Gasteiger partial charge is 0.456 e. The molecule has 0 saturated carbocycles. The van der Waals surface area contributed by atoms with Gasteiger partial charge in [0.2, 0.25) is 0 Å². The van der Waals surface area contributed by atoms with Crippen LogP contribution in [0.2, 0.25) is 0 Å². The first-order chi connectivity index (χ1) is 9.56. The van der Waals surface area contributed by atoms with Gasteiger partial charge in [-0.05, 0) is 49.2 Å². The first-order valence-corrected chi connectivity index (χ1v) is 6.14. The number of aliphatic hydroxyl groups is 1. The molecule has 0 aliphatic carbocycles. The molecule has 3 nitrogen and oxygen atoms in total. The number of rotatable bonds is 3. The van der Waals surface area contributed by atoms with Gasteiger partial charge in [-0.3, -0.25) is 0 Å². The summed E-state index contributed by atoms with van der Waals surface area (Å²) in [6, 6.07) is 9.90. The van der Waals surface area contributed by atoms with Crippen LogP contribution in [-0.2, 0) is 6.61 Å². The Hall–Kier alpha value is -2.38. The smallest absolute Gasteiger partial charge is 0.135 e. The van der Waals surface area contributed by atoms with Gasteiger partial charge in [-0.15, -0.1) is 0 Å². The predicted octanol–water partition coefficient (Wildman–Crippen LogP) is 3.60. The van der Waals surface area contributed by atoms with Crippen molar-refractivity contribution >= 4 is 0 Å². The lowest BCUT2D eigenvalue weighted by Gasteiger charge is -2.14. The monoisotopic (exact) mass is 271 g/mol. The van der Waals surface area contributed by atoms with Crippen molar-refractivity contribution in [3.05, 3.63) is 58.4 Å². The molecule has 0 aliphatic rings. The van der Waals surface area contributed by atoms with E-state index in [4.69, 9.17) is 10.00 Å². The topological polar surface area (TPSA) is 53.2 Å². The van der Waals surface area contributed by atoms with Gasteiger partial charge in [-0.1, -0.05) is 6.07 Å². The van der Waals surface area contributed by atoms with Crippen LogP contribution in [0.25, 0.3) is 0 Å². The van der Waals surface area contributed by atoms with E-state index in [-0.39, 0.29) is 11.3 Å². The van der Waals surface area contributed by atoms with Crippen molar-refractivity contribution in [1.82, 2.24) is 0 Å². The van der Waals surface area contributed by atoms with Gasteiger partial charge >= 0.3 is 0 Å². The minimum atomic E-state index is -0.506. The molecule has 0 heterocycles. The first-order valence-electron chi connectivity index (χ1n) is 6.14. The minimum Gasteiger partial charge on any atom is -0.456 e. The van der Waals surface area contributed by atoms with Crippen LogP contribution in [0, 0.1) is 31.0 Å². The average molecular weight is 271 g/mol. The second kappa shape index (κ2) is 5.72. The summed E-state index contributed by atoms with van der Waals surface area (Å²) >= 11 is 0. The van der Waals surface area contributed by atoms with E-state index in [1.807, 2.05) is 13.8 Å². The number of hydrogen-bond acceptors (Lipinski definition) is 3. The fourth-order valence-corrected chi connectivity index (χ4v) is 2.07. The summed E-state index contributed by atoms with van der Waals surface area (Å²) in [5, 5.41) is 18.1. The molecular formula is C16H14FNO2. The molecule has 0 bridgehead atoms. The number of nitriles is 1. The number of ether oxygens (including phenoxy) is 1. The zero-order chi connectivity index (χ0) is 14.7. The Bertz CT molecular complexity index is 666. The summed E-state index contributed by atoms with van der Waals surface area (Å²) in [5.74, 6) is 0.349. The predicted molar refractivity (Wildman–Crippen MR) is 73.0 cm³/mol. The SMILES string of the molecule is Cc1cc(C#N)cc(C)c1Oc1cccc(F)c1CO. The van der Waals surface area contributed by atoms with Gasteiger partial charge in [0.15, 0.2) is 0 Å². The normalized spacial score (nSPS) is 10.2. The van der Waals surface area contributed by atoms with E-state index >= 15 is 0 Å². The third-order valence-corrected chi connectivity index (χ3v) is 3.04. The molecule has 0 unspecified atom stereocenters. The molecule has 2 rings (SSSR count). The molecule has 0 atom stereocenters. The summed E-state index contributed by atoms with van der Waals surface area (Å²) in [6.45, 7) is 3.21. The average Bonchev–Trinajstić information content (AvgIpc) is 2.42. The number of halogens is 1. The molecule has 0 spiro atoms. The van der Waals surface area contributed by atoms with E-state index in [9.17, 15) is 9.50 Å². The summed E-state index contributed by atoms with van der Waals surface area (Å²) in [4.78, 5) is 0. The Labute approximate surface area is 116 Å².